The molecule has 0 spiro atoms. The molecule has 0 atom stereocenters. The molecule has 1 rings (SSSR count). The largest absolute Gasteiger partial charge is 0.369 e. The van der Waals surface area contributed by atoms with Crippen molar-refractivity contribution in [3.63, 3.8) is 0 Å². The van der Waals surface area contributed by atoms with Crippen LogP contribution in [0.25, 0.3) is 0 Å². The molecule has 0 bridgehead atoms. The Hall–Kier alpha value is -1.26. The first kappa shape index (κ1) is 10.8. The number of hydrogen-bond donors (Lipinski definition) is 3. The van der Waals surface area contributed by atoms with E-state index in [0.717, 1.165) is 12.5 Å². The van der Waals surface area contributed by atoms with E-state index in [9.17, 15) is 0 Å². The summed E-state index contributed by atoms with van der Waals surface area (Å²) in [7, 11) is 1.89. The van der Waals surface area contributed by atoms with Gasteiger partial charge in [-0.25, -0.2) is 0 Å². The van der Waals surface area contributed by atoms with Crippen molar-refractivity contribution in [2.75, 3.05) is 13.6 Å². The van der Waals surface area contributed by atoms with Crippen LogP contribution >= 0.6 is 0 Å². The zero-order chi connectivity index (χ0) is 10.6. The van der Waals surface area contributed by atoms with Crippen LogP contribution in [0, 0.1) is 11.3 Å². The summed E-state index contributed by atoms with van der Waals surface area (Å²) in [5, 5.41) is 6.99. The molecule has 5 heteroatoms. The van der Waals surface area contributed by atoms with E-state index in [1.807, 2.05) is 11.9 Å². The fourth-order valence-corrected chi connectivity index (χ4v) is 1.88. The van der Waals surface area contributed by atoms with Crippen molar-refractivity contribution in [2.45, 2.75) is 25.7 Å². The normalized spacial score (nSPS) is 18.5. The smallest absolute Gasteiger partial charge is 0.215 e. The molecule has 1 saturated carbocycles. The lowest BCUT2D eigenvalue weighted by atomic mass is 10.1. The molecule has 1 aliphatic rings. The van der Waals surface area contributed by atoms with E-state index in [1.165, 1.54) is 25.7 Å². The Labute approximate surface area is 84.7 Å². The summed E-state index contributed by atoms with van der Waals surface area (Å²) in [6.45, 7) is 0.919. The van der Waals surface area contributed by atoms with Gasteiger partial charge in [0.15, 0.2) is 5.96 Å². The van der Waals surface area contributed by atoms with Gasteiger partial charge in [0.25, 0.3) is 0 Å². The van der Waals surface area contributed by atoms with Crippen LogP contribution in [0.4, 0.5) is 0 Å². The van der Waals surface area contributed by atoms with Gasteiger partial charge >= 0.3 is 0 Å². The molecule has 14 heavy (non-hydrogen) atoms. The van der Waals surface area contributed by atoms with Gasteiger partial charge < -0.3 is 16.4 Å². The van der Waals surface area contributed by atoms with E-state index < -0.39 is 0 Å². The second kappa shape index (κ2) is 4.83. The molecule has 5 nitrogen and oxygen atoms in total. The van der Waals surface area contributed by atoms with Crippen molar-refractivity contribution in [1.29, 1.82) is 5.41 Å². The highest BCUT2D eigenvalue weighted by molar-refractivity contribution is 5.91. The van der Waals surface area contributed by atoms with Crippen molar-refractivity contribution in [3.05, 3.63) is 0 Å². The van der Waals surface area contributed by atoms with E-state index in [0.29, 0.717) is 5.96 Å². The van der Waals surface area contributed by atoms with Crippen LogP contribution in [0.1, 0.15) is 25.7 Å². The number of aliphatic imine (C=N–C) groups is 1. The van der Waals surface area contributed by atoms with Gasteiger partial charge in [0.2, 0.25) is 5.96 Å². The Kier molecular flexibility index (Phi) is 3.73. The Bertz CT molecular complexity index is 229. The molecule has 0 saturated heterocycles. The lowest BCUT2D eigenvalue weighted by Gasteiger charge is -2.21. The van der Waals surface area contributed by atoms with Gasteiger partial charge in [-0.15, -0.1) is 0 Å². The maximum atomic E-state index is 6.99. The fraction of sp³-hybridized carbons (Fsp3) is 0.778. The summed E-state index contributed by atoms with van der Waals surface area (Å²) >= 11 is 0. The van der Waals surface area contributed by atoms with E-state index in [4.69, 9.17) is 16.9 Å². The van der Waals surface area contributed by atoms with Crippen LogP contribution in [0.2, 0.25) is 0 Å². The van der Waals surface area contributed by atoms with Gasteiger partial charge in [-0.05, 0) is 18.8 Å². The summed E-state index contributed by atoms with van der Waals surface area (Å²) in [5.74, 6) is 0.825. The highest BCUT2D eigenvalue weighted by atomic mass is 15.2. The highest BCUT2D eigenvalue weighted by Gasteiger charge is 2.17. The Morgan fingerprint density at radius 1 is 1.43 bits per heavy atom. The number of nitrogens with two attached hydrogens (primary N) is 2. The predicted molar refractivity (Wildman–Crippen MR) is 58.1 cm³/mol. The van der Waals surface area contributed by atoms with Crippen molar-refractivity contribution >= 4 is 11.9 Å². The second-order valence-electron chi connectivity index (χ2n) is 3.89. The lowest BCUT2D eigenvalue weighted by Crippen LogP contribution is -2.38. The molecule has 0 aromatic carbocycles. The molecule has 0 aromatic rings. The second-order valence-corrected chi connectivity index (χ2v) is 3.89. The van der Waals surface area contributed by atoms with Gasteiger partial charge in [0, 0.05) is 13.6 Å². The van der Waals surface area contributed by atoms with Crippen LogP contribution < -0.4 is 11.5 Å². The van der Waals surface area contributed by atoms with Gasteiger partial charge in [-0.3, -0.25) is 5.41 Å². The summed E-state index contributed by atoms with van der Waals surface area (Å²) < 4.78 is 0. The number of rotatable bonds is 2. The Balaban J connectivity index is 2.39. The zero-order valence-corrected chi connectivity index (χ0v) is 8.66. The molecule has 5 N–H and O–H groups in total. The molecule has 1 aliphatic carbocycles. The van der Waals surface area contributed by atoms with E-state index in [-0.39, 0.29) is 5.96 Å². The van der Waals surface area contributed by atoms with Crippen molar-refractivity contribution in [3.8, 4) is 0 Å². The first-order valence-electron chi connectivity index (χ1n) is 4.99. The quantitative estimate of drug-likeness (QED) is 0.439. The molecule has 0 radical (unpaired) electrons. The maximum absolute atomic E-state index is 6.99. The van der Waals surface area contributed by atoms with Gasteiger partial charge in [-0.1, -0.05) is 12.8 Å². The SMILES string of the molecule is CN(CC1CCCC1)/C(N)=N/C(=N)N. The number of nitrogens with one attached hydrogen (secondary N) is 1. The molecular formula is C9H19N5. The summed E-state index contributed by atoms with van der Waals surface area (Å²) in [6, 6.07) is 0. The standard InChI is InChI=1S/C9H19N5/c1-14(9(12)13-8(10)11)6-7-4-2-3-5-7/h7H,2-6H2,1H3,(H5,10,11,12,13). The predicted octanol–water partition coefficient (Wildman–Crippen LogP) is 0.317. The highest BCUT2D eigenvalue weighted by Crippen LogP contribution is 2.24. The molecule has 1 fully saturated rings. The van der Waals surface area contributed by atoms with Crippen LogP contribution in [0.3, 0.4) is 0 Å². The Morgan fingerprint density at radius 2 is 2.00 bits per heavy atom. The van der Waals surface area contributed by atoms with Gasteiger partial charge in [-0.2, -0.15) is 4.99 Å². The summed E-state index contributed by atoms with van der Waals surface area (Å²) in [6.07, 6.45) is 5.19. The number of guanidine groups is 2. The summed E-state index contributed by atoms with van der Waals surface area (Å²) in [5.41, 5.74) is 10.8. The molecule has 0 aliphatic heterocycles. The summed E-state index contributed by atoms with van der Waals surface area (Å²) in [4.78, 5) is 5.57. The van der Waals surface area contributed by atoms with Gasteiger partial charge in [0.1, 0.15) is 0 Å². The molecule has 0 aromatic heterocycles. The van der Waals surface area contributed by atoms with E-state index >= 15 is 0 Å². The molecule has 0 heterocycles. The number of hydrogen-bond acceptors (Lipinski definition) is 1. The monoisotopic (exact) mass is 197 g/mol. The average Bonchev–Trinajstić information content (AvgIpc) is 2.55. The van der Waals surface area contributed by atoms with E-state index in [1.54, 1.807) is 0 Å². The minimum atomic E-state index is -0.235. The average molecular weight is 197 g/mol. The van der Waals surface area contributed by atoms with E-state index in [2.05, 4.69) is 4.99 Å². The zero-order valence-electron chi connectivity index (χ0n) is 8.66. The van der Waals surface area contributed by atoms with Crippen LogP contribution in [0.15, 0.2) is 4.99 Å². The minimum absolute atomic E-state index is 0.235. The minimum Gasteiger partial charge on any atom is -0.369 e. The molecule has 0 amide bonds. The maximum Gasteiger partial charge on any atom is 0.215 e. The third-order valence-corrected chi connectivity index (χ3v) is 2.63. The third-order valence-electron chi connectivity index (χ3n) is 2.63. The first-order valence-corrected chi connectivity index (χ1v) is 4.99. The van der Waals surface area contributed by atoms with Crippen LogP contribution in [-0.4, -0.2) is 30.4 Å². The molecule has 80 valence electrons. The topological polar surface area (TPSA) is 91.5 Å². The third kappa shape index (κ3) is 3.24. The first-order chi connectivity index (χ1) is 6.59. The van der Waals surface area contributed by atoms with Crippen molar-refractivity contribution in [1.82, 2.24) is 4.90 Å². The van der Waals surface area contributed by atoms with Crippen LogP contribution in [-0.2, 0) is 0 Å². The fourth-order valence-electron chi connectivity index (χ4n) is 1.88. The lowest BCUT2D eigenvalue weighted by molar-refractivity contribution is 0.386. The van der Waals surface area contributed by atoms with Crippen molar-refractivity contribution in [2.24, 2.45) is 22.4 Å². The Morgan fingerprint density at radius 3 is 2.50 bits per heavy atom. The number of nitrogens with zero attached hydrogens (tertiary/aromatic N) is 2. The van der Waals surface area contributed by atoms with Crippen LogP contribution in [0.5, 0.6) is 0 Å². The van der Waals surface area contributed by atoms with Gasteiger partial charge in [0.05, 0.1) is 0 Å². The van der Waals surface area contributed by atoms with Crippen molar-refractivity contribution < 1.29 is 0 Å². The molecule has 0 unspecified atom stereocenters. The molecular weight excluding hydrogens is 178 g/mol.